The number of amides is 1. The second-order valence-corrected chi connectivity index (χ2v) is 6.57. The van der Waals surface area contributed by atoms with E-state index in [9.17, 15) is 4.79 Å². The van der Waals surface area contributed by atoms with E-state index < -0.39 is 0 Å². The highest BCUT2D eigenvalue weighted by molar-refractivity contribution is 5.79. The van der Waals surface area contributed by atoms with Crippen LogP contribution in [0.15, 0.2) is 0 Å². The summed E-state index contributed by atoms with van der Waals surface area (Å²) in [7, 11) is 0. The molecule has 2 rings (SSSR count). The molecule has 0 aromatic rings. The topological polar surface area (TPSA) is 32.3 Å². The Morgan fingerprint density at radius 1 is 1.05 bits per heavy atom. The molecule has 1 amide bonds. The number of nitrogens with one attached hydrogen (secondary N) is 1. The Hall–Kier alpha value is -0.570. The summed E-state index contributed by atoms with van der Waals surface area (Å²) in [6, 6.07) is 0.446. The zero-order valence-electron chi connectivity index (χ0n) is 13.2. The fraction of sp³-hybridized carbons (Fsp3) is 0.941. The van der Waals surface area contributed by atoms with Crippen LogP contribution in [0.3, 0.4) is 0 Å². The Bertz CT molecular complexity index is 279. The van der Waals surface area contributed by atoms with Crippen molar-refractivity contribution in [3.63, 3.8) is 0 Å². The van der Waals surface area contributed by atoms with E-state index in [0.717, 1.165) is 38.9 Å². The van der Waals surface area contributed by atoms with Gasteiger partial charge in [0.15, 0.2) is 0 Å². The van der Waals surface area contributed by atoms with E-state index in [4.69, 9.17) is 0 Å². The van der Waals surface area contributed by atoms with Gasteiger partial charge >= 0.3 is 0 Å². The van der Waals surface area contributed by atoms with Crippen LogP contribution in [0.25, 0.3) is 0 Å². The van der Waals surface area contributed by atoms with Gasteiger partial charge in [-0.1, -0.05) is 39.0 Å². The van der Waals surface area contributed by atoms with Crippen LogP contribution in [-0.4, -0.2) is 36.5 Å². The minimum Gasteiger partial charge on any atom is -0.338 e. The number of carbonyl (C=O) groups is 1. The fourth-order valence-electron chi connectivity index (χ4n) is 3.75. The molecule has 116 valence electrons. The molecule has 1 saturated heterocycles. The van der Waals surface area contributed by atoms with E-state index in [-0.39, 0.29) is 0 Å². The van der Waals surface area contributed by atoms with Gasteiger partial charge in [-0.2, -0.15) is 0 Å². The molecular weight excluding hydrogens is 248 g/mol. The molecule has 0 aromatic heterocycles. The molecule has 2 aliphatic rings. The molecular formula is C17H32N2O. The predicted molar refractivity (Wildman–Crippen MR) is 83.7 cm³/mol. The zero-order chi connectivity index (χ0) is 14.2. The van der Waals surface area contributed by atoms with E-state index in [1.165, 1.54) is 44.9 Å². The summed E-state index contributed by atoms with van der Waals surface area (Å²) in [5, 5.41) is 3.46. The molecule has 2 fully saturated rings. The monoisotopic (exact) mass is 280 g/mol. The number of piperidine rings is 1. The first-order valence-corrected chi connectivity index (χ1v) is 8.84. The van der Waals surface area contributed by atoms with Gasteiger partial charge in [-0.3, -0.25) is 4.79 Å². The molecule has 0 aromatic carbocycles. The van der Waals surface area contributed by atoms with Gasteiger partial charge in [0.1, 0.15) is 0 Å². The Kier molecular flexibility index (Phi) is 6.85. The minimum atomic E-state index is 0.309. The van der Waals surface area contributed by atoms with E-state index in [2.05, 4.69) is 17.1 Å². The molecule has 1 aliphatic heterocycles. The molecule has 1 heterocycles. The summed E-state index contributed by atoms with van der Waals surface area (Å²) in [6.45, 7) is 5.25. The number of rotatable bonds is 4. The zero-order valence-corrected chi connectivity index (χ0v) is 13.2. The normalized spacial score (nSPS) is 25.8. The van der Waals surface area contributed by atoms with Crippen molar-refractivity contribution < 1.29 is 4.79 Å². The largest absolute Gasteiger partial charge is 0.338 e. The van der Waals surface area contributed by atoms with Crippen molar-refractivity contribution in [1.29, 1.82) is 0 Å². The molecule has 1 saturated carbocycles. The number of carbonyl (C=O) groups excluding carboxylic acids is 1. The summed E-state index contributed by atoms with van der Waals surface area (Å²) < 4.78 is 0. The van der Waals surface area contributed by atoms with E-state index >= 15 is 0 Å². The molecule has 1 atom stereocenters. The SMILES string of the molecule is CCCN(C(=O)C1CCCCCCC1)C1CCCNC1. The molecule has 20 heavy (non-hydrogen) atoms. The predicted octanol–water partition coefficient (Wildman–Crippen LogP) is 3.34. The van der Waals surface area contributed by atoms with Crippen molar-refractivity contribution in [3.05, 3.63) is 0 Å². The molecule has 1 N–H and O–H groups in total. The van der Waals surface area contributed by atoms with Crippen molar-refractivity contribution in [2.45, 2.75) is 77.2 Å². The van der Waals surface area contributed by atoms with Crippen LogP contribution in [0.2, 0.25) is 0 Å². The van der Waals surface area contributed by atoms with Gasteiger partial charge in [0.2, 0.25) is 5.91 Å². The lowest BCUT2D eigenvalue weighted by molar-refractivity contribution is -0.139. The van der Waals surface area contributed by atoms with Crippen LogP contribution in [0.4, 0.5) is 0 Å². The van der Waals surface area contributed by atoms with Crippen LogP contribution in [0.5, 0.6) is 0 Å². The maximum atomic E-state index is 13.0. The third-order valence-corrected chi connectivity index (χ3v) is 4.91. The van der Waals surface area contributed by atoms with Crippen LogP contribution in [0.1, 0.15) is 71.1 Å². The molecule has 1 unspecified atom stereocenters. The lowest BCUT2D eigenvalue weighted by Crippen LogP contribution is -2.50. The summed E-state index contributed by atoms with van der Waals surface area (Å²) in [5.41, 5.74) is 0. The first-order valence-electron chi connectivity index (χ1n) is 8.84. The van der Waals surface area contributed by atoms with Crippen molar-refractivity contribution in [1.82, 2.24) is 10.2 Å². The Balaban J connectivity index is 1.96. The molecule has 1 aliphatic carbocycles. The first kappa shape index (κ1) is 15.8. The van der Waals surface area contributed by atoms with Crippen molar-refractivity contribution >= 4 is 5.91 Å². The van der Waals surface area contributed by atoms with Crippen LogP contribution in [0, 0.1) is 5.92 Å². The van der Waals surface area contributed by atoms with Gasteiger partial charge in [0, 0.05) is 25.0 Å². The maximum Gasteiger partial charge on any atom is 0.225 e. The Morgan fingerprint density at radius 3 is 2.35 bits per heavy atom. The van der Waals surface area contributed by atoms with Gasteiger partial charge in [-0.15, -0.1) is 0 Å². The third-order valence-electron chi connectivity index (χ3n) is 4.91. The van der Waals surface area contributed by atoms with E-state index in [1.807, 2.05) is 0 Å². The van der Waals surface area contributed by atoms with Gasteiger partial charge in [0.25, 0.3) is 0 Å². The smallest absolute Gasteiger partial charge is 0.225 e. The molecule has 3 heteroatoms. The second-order valence-electron chi connectivity index (χ2n) is 6.57. The van der Waals surface area contributed by atoms with Gasteiger partial charge in [-0.25, -0.2) is 0 Å². The molecule has 0 spiro atoms. The molecule has 3 nitrogen and oxygen atoms in total. The standard InChI is InChI=1S/C17H32N2O/c1-2-13-19(16-11-8-12-18-14-16)17(20)15-9-6-4-3-5-7-10-15/h15-16,18H,2-14H2,1H3. The fourth-order valence-corrected chi connectivity index (χ4v) is 3.75. The van der Waals surface area contributed by atoms with Gasteiger partial charge < -0.3 is 10.2 Å². The highest BCUT2D eigenvalue weighted by atomic mass is 16.2. The van der Waals surface area contributed by atoms with Crippen LogP contribution >= 0.6 is 0 Å². The van der Waals surface area contributed by atoms with Crippen molar-refractivity contribution in [3.8, 4) is 0 Å². The highest BCUT2D eigenvalue weighted by Gasteiger charge is 2.29. The third kappa shape index (κ3) is 4.47. The minimum absolute atomic E-state index is 0.309. The van der Waals surface area contributed by atoms with E-state index in [1.54, 1.807) is 0 Å². The van der Waals surface area contributed by atoms with Crippen LogP contribution in [-0.2, 0) is 4.79 Å². The summed E-state index contributed by atoms with van der Waals surface area (Å²) in [6.07, 6.45) is 12.2. The van der Waals surface area contributed by atoms with E-state index in [0.29, 0.717) is 17.9 Å². The second kappa shape index (κ2) is 8.66. The molecule has 0 bridgehead atoms. The number of hydrogen-bond donors (Lipinski definition) is 1. The van der Waals surface area contributed by atoms with Gasteiger partial charge in [-0.05, 0) is 38.6 Å². The van der Waals surface area contributed by atoms with Crippen molar-refractivity contribution in [2.75, 3.05) is 19.6 Å². The Labute approximate surface area is 124 Å². The first-order chi connectivity index (χ1) is 9.83. The van der Waals surface area contributed by atoms with Crippen molar-refractivity contribution in [2.24, 2.45) is 5.92 Å². The van der Waals surface area contributed by atoms with Gasteiger partial charge in [0.05, 0.1) is 0 Å². The average Bonchev–Trinajstić information content (AvgIpc) is 2.45. The number of nitrogens with zero attached hydrogens (tertiary/aromatic N) is 1. The van der Waals surface area contributed by atoms with Crippen LogP contribution < -0.4 is 5.32 Å². The summed E-state index contributed by atoms with van der Waals surface area (Å²) in [5.74, 6) is 0.770. The lowest BCUT2D eigenvalue weighted by Gasteiger charge is -2.37. The lowest BCUT2D eigenvalue weighted by atomic mass is 9.89. The maximum absolute atomic E-state index is 13.0. The summed E-state index contributed by atoms with van der Waals surface area (Å²) in [4.78, 5) is 15.2. The Morgan fingerprint density at radius 2 is 1.75 bits per heavy atom. The number of hydrogen-bond acceptors (Lipinski definition) is 2. The quantitative estimate of drug-likeness (QED) is 0.856. The molecule has 0 radical (unpaired) electrons. The highest BCUT2D eigenvalue weighted by Crippen LogP contribution is 2.25. The average molecular weight is 280 g/mol. The summed E-state index contributed by atoms with van der Waals surface area (Å²) >= 11 is 0.